The number of carbonyl (C=O) groups is 1. The molecule has 30 heavy (non-hydrogen) atoms. The van der Waals surface area contributed by atoms with Crippen LogP contribution in [0.4, 0.5) is 14.9 Å². The van der Waals surface area contributed by atoms with Crippen LogP contribution in [0, 0.1) is 5.82 Å². The van der Waals surface area contributed by atoms with E-state index in [1.54, 1.807) is 34.9 Å². The van der Waals surface area contributed by atoms with Crippen LogP contribution in [-0.4, -0.2) is 69.3 Å². The lowest BCUT2D eigenvalue weighted by Gasteiger charge is -2.34. The fourth-order valence-electron chi connectivity index (χ4n) is 3.30. The van der Waals surface area contributed by atoms with Crippen molar-refractivity contribution in [2.24, 2.45) is 0 Å². The van der Waals surface area contributed by atoms with Crippen LogP contribution in [0.1, 0.15) is 5.82 Å². The second kappa shape index (κ2) is 8.87. The molecule has 1 aliphatic rings. The number of carbonyl (C=O) groups excluding carboxylic acids is 1. The number of hydrogen-bond donors (Lipinski definition) is 1. The molecular weight excluding hydrogens is 389 g/mol. The van der Waals surface area contributed by atoms with Gasteiger partial charge in [0.05, 0.1) is 19.3 Å². The minimum Gasteiger partial charge on any atom is -0.497 e. The van der Waals surface area contributed by atoms with E-state index >= 15 is 0 Å². The predicted octanol–water partition coefficient (Wildman–Crippen LogP) is 2.16. The quantitative estimate of drug-likeness (QED) is 0.692. The monoisotopic (exact) mass is 411 g/mol. The van der Waals surface area contributed by atoms with E-state index in [1.807, 2.05) is 18.2 Å². The molecular formula is C20H22FN7O2. The largest absolute Gasteiger partial charge is 0.497 e. The Hall–Kier alpha value is -3.53. The number of nitrogens with zero attached hydrogens (tertiary/aromatic N) is 6. The molecule has 0 radical (unpaired) electrons. The number of benzene rings is 2. The van der Waals surface area contributed by atoms with Gasteiger partial charge in [0.25, 0.3) is 0 Å². The summed E-state index contributed by atoms with van der Waals surface area (Å²) in [4.78, 5) is 16.5. The predicted molar refractivity (Wildman–Crippen MR) is 108 cm³/mol. The maximum absolute atomic E-state index is 13.2. The number of aromatic nitrogens is 4. The summed E-state index contributed by atoms with van der Waals surface area (Å²) in [6, 6.07) is 13.1. The number of methoxy groups -OCH3 is 1. The number of nitrogens with one attached hydrogen (secondary N) is 1. The number of rotatable bonds is 5. The van der Waals surface area contributed by atoms with E-state index in [1.165, 1.54) is 12.1 Å². The number of amides is 2. The van der Waals surface area contributed by atoms with Gasteiger partial charge in [0.2, 0.25) is 0 Å². The molecule has 4 rings (SSSR count). The molecule has 0 saturated carbocycles. The summed E-state index contributed by atoms with van der Waals surface area (Å²) in [5, 5.41) is 14.8. The van der Waals surface area contributed by atoms with Crippen molar-refractivity contribution in [1.29, 1.82) is 0 Å². The van der Waals surface area contributed by atoms with Gasteiger partial charge in [0.15, 0.2) is 5.82 Å². The van der Waals surface area contributed by atoms with E-state index in [0.29, 0.717) is 55.7 Å². The molecule has 3 aromatic rings. The first-order valence-electron chi connectivity index (χ1n) is 9.58. The number of ether oxygens (including phenoxy) is 1. The minimum absolute atomic E-state index is 0.140. The smallest absolute Gasteiger partial charge is 0.321 e. The molecule has 10 heteroatoms. The lowest BCUT2D eigenvalue weighted by Crippen LogP contribution is -2.49. The molecule has 0 unspecified atom stereocenters. The molecule has 0 atom stereocenters. The van der Waals surface area contributed by atoms with Crippen LogP contribution in [-0.2, 0) is 6.54 Å². The number of urea groups is 1. The van der Waals surface area contributed by atoms with Gasteiger partial charge in [-0.3, -0.25) is 4.90 Å². The Morgan fingerprint density at radius 3 is 2.63 bits per heavy atom. The zero-order valence-electron chi connectivity index (χ0n) is 16.5. The molecule has 1 saturated heterocycles. The zero-order valence-corrected chi connectivity index (χ0v) is 16.5. The third-order valence-electron chi connectivity index (χ3n) is 4.95. The SMILES string of the molecule is COc1cccc(NC(=O)N2CCN(Cc3nnnn3-c3ccc(F)cc3)CC2)c1. The highest BCUT2D eigenvalue weighted by Crippen LogP contribution is 2.18. The van der Waals surface area contributed by atoms with Crippen LogP contribution >= 0.6 is 0 Å². The normalized spacial score (nSPS) is 14.5. The Balaban J connectivity index is 1.32. The van der Waals surface area contributed by atoms with Gasteiger partial charge in [-0.2, -0.15) is 4.68 Å². The van der Waals surface area contributed by atoms with Gasteiger partial charge in [-0.25, -0.2) is 9.18 Å². The molecule has 1 N–H and O–H groups in total. The van der Waals surface area contributed by atoms with Crippen LogP contribution in [0.15, 0.2) is 48.5 Å². The van der Waals surface area contributed by atoms with Crippen LogP contribution in [0.5, 0.6) is 5.75 Å². The molecule has 2 amide bonds. The van der Waals surface area contributed by atoms with Gasteiger partial charge in [0, 0.05) is 37.9 Å². The average Bonchev–Trinajstić information content (AvgIpc) is 3.23. The summed E-state index contributed by atoms with van der Waals surface area (Å²) in [5.41, 5.74) is 1.40. The fraction of sp³-hybridized carbons (Fsp3) is 0.300. The van der Waals surface area contributed by atoms with Gasteiger partial charge >= 0.3 is 6.03 Å². The average molecular weight is 411 g/mol. The van der Waals surface area contributed by atoms with Crippen molar-refractivity contribution >= 4 is 11.7 Å². The highest BCUT2D eigenvalue weighted by molar-refractivity contribution is 5.89. The number of tetrazole rings is 1. The molecule has 0 aliphatic carbocycles. The van der Waals surface area contributed by atoms with Crippen molar-refractivity contribution in [2.45, 2.75) is 6.54 Å². The third kappa shape index (κ3) is 4.54. The summed E-state index contributed by atoms with van der Waals surface area (Å²) < 4.78 is 19.9. The van der Waals surface area contributed by atoms with E-state index in [-0.39, 0.29) is 11.8 Å². The van der Waals surface area contributed by atoms with Crippen LogP contribution in [0.2, 0.25) is 0 Å². The van der Waals surface area contributed by atoms with Crippen molar-refractivity contribution in [3.63, 3.8) is 0 Å². The van der Waals surface area contributed by atoms with E-state index in [2.05, 4.69) is 25.7 Å². The Labute approximate surface area is 173 Å². The molecule has 1 aliphatic heterocycles. The molecule has 0 spiro atoms. The number of piperazine rings is 1. The lowest BCUT2D eigenvalue weighted by molar-refractivity contribution is 0.140. The van der Waals surface area contributed by atoms with Crippen molar-refractivity contribution in [2.75, 3.05) is 38.6 Å². The standard InChI is InChI=1S/C20H22FN7O2/c1-30-18-4-2-3-16(13-18)22-20(29)27-11-9-26(10-12-27)14-19-23-24-25-28(19)17-7-5-15(21)6-8-17/h2-8,13H,9-12,14H2,1H3,(H,22,29). The van der Waals surface area contributed by atoms with Crippen molar-refractivity contribution in [3.8, 4) is 11.4 Å². The minimum atomic E-state index is -0.309. The van der Waals surface area contributed by atoms with Crippen molar-refractivity contribution in [1.82, 2.24) is 30.0 Å². The topological polar surface area (TPSA) is 88.4 Å². The summed E-state index contributed by atoms with van der Waals surface area (Å²) in [6.45, 7) is 3.11. The second-order valence-electron chi connectivity index (χ2n) is 6.91. The molecule has 2 heterocycles. The Morgan fingerprint density at radius 2 is 1.90 bits per heavy atom. The van der Waals surface area contributed by atoms with E-state index in [9.17, 15) is 9.18 Å². The number of halogens is 1. The molecule has 2 aromatic carbocycles. The Morgan fingerprint density at radius 1 is 1.13 bits per heavy atom. The van der Waals surface area contributed by atoms with E-state index in [0.717, 1.165) is 0 Å². The Bertz CT molecular complexity index is 1000. The van der Waals surface area contributed by atoms with E-state index in [4.69, 9.17) is 4.74 Å². The summed E-state index contributed by atoms with van der Waals surface area (Å²) >= 11 is 0. The van der Waals surface area contributed by atoms with E-state index < -0.39 is 0 Å². The summed E-state index contributed by atoms with van der Waals surface area (Å²) in [5.74, 6) is 1.05. The van der Waals surface area contributed by atoms with Gasteiger partial charge in [-0.1, -0.05) is 6.07 Å². The van der Waals surface area contributed by atoms with Crippen molar-refractivity contribution in [3.05, 3.63) is 60.2 Å². The van der Waals surface area contributed by atoms with Gasteiger partial charge < -0.3 is 15.0 Å². The highest BCUT2D eigenvalue weighted by Gasteiger charge is 2.23. The molecule has 0 bridgehead atoms. The zero-order chi connectivity index (χ0) is 20.9. The number of anilines is 1. The first-order valence-corrected chi connectivity index (χ1v) is 9.58. The first-order chi connectivity index (χ1) is 14.6. The fourth-order valence-corrected chi connectivity index (χ4v) is 3.30. The molecule has 9 nitrogen and oxygen atoms in total. The van der Waals surface area contributed by atoms with Gasteiger partial charge in [-0.05, 0) is 46.8 Å². The molecule has 1 aromatic heterocycles. The Kier molecular flexibility index (Phi) is 5.84. The highest BCUT2D eigenvalue weighted by atomic mass is 19.1. The summed E-state index contributed by atoms with van der Waals surface area (Å²) in [6.07, 6.45) is 0. The second-order valence-corrected chi connectivity index (χ2v) is 6.91. The lowest BCUT2D eigenvalue weighted by atomic mass is 10.3. The number of hydrogen-bond acceptors (Lipinski definition) is 6. The van der Waals surface area contributed by atoms with Crippen LogP contribution in [0.3, 0.4) is 0 Å². The maximum atomic E-state index is 13.2. The maximum Gasteiger partial charge on any atom is 0.321 e. The van der Waals surface area contributed by atoms with Crippen molar-refractivity contribution < 1.29 is 13.9 Å². The molecule has 1 fully saturated rings. The molecule has 156 valence electrons. The van der Waals surface area contributed by atoms with Crippen LogP contribution in [0.25, 0.3) is 5.69 Å². The third-order valence-corrected chi connectivity index (χ3v) is 4.95. The summed E-state index contributed by atoms with van der Waals surface area (Å²) in [7, 11) is 1.59. The van der Waals surface area contributed by atoms with Gasteiger partial charge in [-0.15, -0.1) is 5.10 Å². The van der Waals surface area contributed by atoms with Gasteiger partial charge in [0.1, 0.15) is 11.6 Å². The van der Waals surface area contributed by atoms with Crippen LogP contribution < -0.4 is 10.1 Å². The first kappa shape index (κ1) is 19.8.